The average Bonchev–Trinajstić information content (AvgIpc) is 2.98. The molecular weight excluding hydrogens is 624 g/mol. The van der Waals surface area contributed by atoms with Crippen LogP contribution in [0.25, 0.3) is 0 Å². The van der Waals surface area contributed by atoms with Crippen molar-refractivity contribution in [1.29, 1.82) is 5.41 Å². The summed E-state index contributed by atoms with van der Waals surface area (Å²) in [6.45, 7) is 4.83. The van der Waals surface area contributed by atoms with Gasteiger partial charge in [0.15, 0.2) is 5.96 Å². The number of primary amides is 1. The molecule has 0 aliphatic carbocycles. The van der Waals surface area contributed by atoms with E-state index in [4.69, 9.17) is 22.6 Å². The number of aliphatic hydroxyl groups is 3. The maximum Gasteiger partial charge on any atom is 0.245 e. The molecule has 0 bridgehead atoms. The Morgan fingerprint density at radius 3 is 1.74 bits per heavy atom. The molecule has 0 fully saturated rings. The van der Waals surface area contributed by atoms with Gasteiger partial charge in [0.05, 0.1) is 24.9 Å². The summed E-state index contributed by atoms with van der Waals surface area (Å²) >= 11 is 0. The molecule has 0 saturated carbocycles. The Balaban J connectivity index is 5.75. The Morgan fingerprint density at radius 1 is 0.745 bits per heavy atom. The van der Waals surface area contributed by atoms with Gasteiger partial charge in [-0.1, -0.05) is 13.8 Å². The van der Waals surface area contributed by atoms with E-state index in [0.717, 1.165) is 6.92 Å². The van der Waals surface area contributed by atoms with Crippen LogP contribution in [0, 0.1) is 11.3 Å². The number of rotatable bonds is 22. The van der Waals surface area contributed by atoms with E-state index in [2.05, 4.69) is 31.9 Å². The van der Waals surface area contributed by atoms with E-state index in [0.29, 0.717) is 6.42 Å². The third kappa shape index (κ3) is 16.1. The Hall–Kier alpha value is -4.40. The number of aliphatic hydroxyl groups excluding tert-OH is 3. The number of carbonyl (C=O) groups excluding carboxylic acids is 7. The summed E-state index contributed by atoms with van der Waals surface area (Å²) in [6, 6.07) is -8.60. The van der Waals surface area contributed by atoms with Crippen LogP contribution in [0.5, 0.6) is 0 Å². The van der Waals surface area contributed by atoms with Gasteiger partial charge in [-0.3, -0.25) is 39.0 Å². The minimum Gasteiger partial charge on any atom is -0.394 e. The van der Waals surface area contributed by atoms with Crippen LogP contribution < -0.4 is 49.1 Å². The molecule has 0 aromatic carbocycles. The smallest absolute Gasteiger partial charge is 0.245 e. The SMILES string of the molecule is CC(C)[C@H](NC(=O)[C@H](CCC(N)=O)NC(=O)[C@H](CO)NC(=O)[C@@H](NC(=O)[C@@H](N)[C@@H](C)O)[C@@H](C)O)C(=O)N[C@H]([C]=O)CCCNC(=N)N. The van der Waals surface area contributed by atoms with E-state index in [1.54, 1.807) is 20.1 Å². The van der Waals surface area contributed by atoms with E-state index < -0.39 is 96.4 Å². The van der Waals surface area contributed by atoms with Gasteiger partial charge in [0.25, 0.3) is 0 Å². The Morgan fingerprint density at radius 2 is 1.28 bits per heavy atom. The van der Waals surface area contributed by atoms with Crippen LogP contribution in [0.15, 0.2) is 0 Å². The monoisotopic (exact) mass is 673 g/mol. The first-order chi connectivity index (χ1) is 21.9. The fourth-order valence-electron chi connectivity index (χ4n) is 3.90. The number of hydrogen-bond acceptors (Lipinski definition) is 12. The molecule has 267 valence electrons. The van der Waals surface area contributed by atoms with E-state index in [1.807, 2.05) is 0 Å². The number of amides is 6. The second kappa shape index (κ2) is 21.4. The molecule has 0 unspecified atom stereocenters. The van der Waals surface area contributed by atoms with Gasteiger partial charge >= 0.3 is 0 Å². The van der Waals surface area contributed by atoms with E-state index >= 15 is 0 Å². The van der Waals surface area contributed by atoms with E-state index in [-0.39, 0.29) is 31.8 Å². The van der Waals surface area contributed by atoms with Crippen LogP contribution in [0.1, 0.15) is 53.4 Å². The van der Waals surface area contributed by atoms with Gasteiger partial charge in [-0.15, -0.1) is 0 Å². The zero-order chi connectivity index (χ0) is 36.4. The van der Waals surface area contributed by atoms with Crippen LogP contribution in [0.2, 0.25) is 0 Å². The number of nitrogens with one attached hydrogen (secondary N) is 7. The van der Waals surface area contributed by atoms with Crippen LogP contribution in [-0.4, -0.2) is 125 Å². The van der Waals surface area contributed by atoms with Crippen molar-refractivity contribution in [2.24, 2.45) is 23.1 Å². The Kier molecular flexibility index (Phi) is 19.4. The topological polar surface area (TPSA) is 354 Å². The first kappa shape index (κ1) is 42.6. The molecule has 6 amide bonds. The minimum absolute atomic E-state index is 0.146. The van der Waals surface area contributed by atoms with Crippen LogP contribution >= 0.6 is 0 Å². The lowest BCUT2D eigenvalue weighted by atomic mass is 10.0. The predicted octanol–water partition coefficient (Wildman–Crippen LogP) is -6.21. The highest BCUT2D eigenvalue weighted by molar-refractivity contribution is 5.96. The summed E-state index contributed by atoms with van der Waals surface area (Å²) < 4.78 is 0. The highest BCUT2D eigenvalue weighted by Crippen LogP contribution is 2.07. The molecule has 0 aliphatic heterocycles. The summed E-state index contributed by atoms with van der Waals surface area (Å²) in [5.41, 5.74) is 16.0. The van der Waals surface area contributed by atoms with Gasteiger partial charge < -0.3 is 64.4 Å². The van der Waals surface area contributed by atoms with Crippen molar-refractivity contribution in [3.05, 3.63) is 0 Å². The van der Waals surface area contributed by atoms with E-state index in [9.17, 15) is 48.9 Å². The summed E-state index contributed by atoms with van der Waals surface area (Å²) in [7, 11) is 0. The van der Waals surface area contributed by atoms with Crippen molar-refractivity contribution in [3.63, 3.8) is 0 Å². The third-order valence-corrected chi connectivity index (χ3v) is 6.70. The molecule has 20 heteroatoms. The summed E-state index contributed by atoms with van der Waals surface area (Å²) in [4.78, 5) is 87.3. The van der Waals surface area contributed by atoms with Crippen LogP contribution in [0.4, 0.5) is 0 Å². The van der Waals surface area contributed by atoms with Gasteiger partial charge in [-0.05, 0) is 39.0 Å². The van der Waals surface area contributed by atoms with Crippen LogP contribution in [0.3, 0.4) is 0 Å². The number of hydrogen-bond donors (Lipinski definition) is 13. The lowest BCUT2D eigenvalue weighted by Gasteiger charge is -2.28. The molecule has 0 aromatic heterocycles. The highest BCUT2D eigenvalue weighted by Gasteiger charge is 2.34. The number of carbonyl (C=O) groups is 6. The fourth-order valence-corrected chi connectivity index (χ4v) is 3.90. The van der Waals surface area contributed by atoms with Crippen molar-refractivity contribution >= 4 is 47.7 Å². The first-order valence-electron chi connectivity index (χ1n) is 14.8. The maximum atomic E-state index is 13.3. The zero-order valence-electron chi connectivity index (χ0n) is 26.9. The fraction of sp³-hybridized carbons (Fsp3) is 0.704. The van der Waals surface area contributed by atoms with Crippen molar-refractivity contribution in [3.8, 4) is 0 Å². The molecule has 0 heterocycles. The molecule has 16 N–H and O–H groups in total. The second-order valence-corrected chi connectivity index (χ2v) is 11.2. The van der Waals surface area contributed by atoms with Crippen molar-refractivity contribution in [1.82, 2.24) is 31.9 Å². The van der Waals surface area contributed by atoms with Gasteiger partial charge in [0, 0.05) is 13.0 Å². The quantitative estimate of drug-likeness (QED) is 0.0289. The largest absolute Gasteiger partial charge is 0.394 e. The number of guanidine groups is 1. The maximum absolute atomic E-state index is 13.3. The lowest BCUT2D eigenvalue weighted by Crippen LogP contribution is -2.62. The molecule has 0 saturated heterocycles. The van der Waals surface area contributed by atoms with Gasteiger partial charge in [-0.25, -0.2) is 0 Å². The molecule has 0 aliphatic rings. The normalized spacial score (nSPS) is 16.1. The summed E-state index contributed by atoms with van der Waals surface area (Å²) in [5.74, 6) is -6.51. The Labute approximate surface area is 272 Å². The van der Waals surface area contributed by atoms with Crippen molar-refractivity contribution in [2.45, 2.75) is 102 Å². The summed E-state index contributed by atoms with van der Waals surface area (Å²) in [6.07, 6.45) is -1.35. The molecule has 1 radical (unpaired) electrons. The molecule has 47 heavy (non-hydrogen) atoms. The zero-order valence-corrected chi connectivity index (χ0v) is 26.9. The molecule has 0 spiro atoms. The van der Waals surface area contributed by atoms with Gasteiger partial charge in [0.1, 0.15) is 30.2 Å². The second-order valence-electron chi connectivity index (χ2n) is 11.2. The number of nitrogens with two attached hydrogens (primary N) is 3. The van der Waals surface area contributed by atoms with Gasteiger partial charge in [-0.2, -0.15) is 0 Å². The van der Waals surface area contributed by atoms with Crippen molar-refractivity contribution < 1.29 is 48.9 Å². The Bertz CT molecular complexity index is 1100. The molecule has 0 aromatic rings. The highest BCUT2D eigenvalue weighted by atomic mass is 16.3. The summed E-state index contributed by atoms with van der Waals surface area (Å²) in [5, 5.41) is 50.6. The molecule has 20 nitrogen and oxygen atoms in total. The standard InChI is InChI=1S/C27H49N10O10/c1-12(2)20(25(46)33-15(10-38)6-5-9-32-27(30)31)36-22(43)16(7-8-18(28)42)34-23(44)17(11-39)35-26(47)21(14(4)41)37-24(45)19(29)13(3)40/h12-17,19-21,39-41H,5-9,11,29H2,1-4H3,(H2,28,42)(H,33,46)(H,34,44)(H,35,47)(H,36,43)(H,37,45)(H4,30,31,32)/t13-,14-,15+,16+,17+,19+,20+,21+/m1/s1. The average molecular weight is 674 g/mol. The van der Waals surface area contributed by atoms with E-state index in [1.165, 1.54) is 6.92 Å². The van der Waals surface area contributed by atoms with Crippen LogP contribution in [-0.2, 0) is 33.6 Å². The molecule has 0 rings (SSSR count). The third-order valence-electron chi connectivity index (χ3n) is 6.70. The predicted molar refractivity (Wildman–Crippen MR) is 166 cm³/mol. The lowest BCUT2D eigenvalue weighted by molar-refractivity contribution is -0.137. The van der Waals surface area contributed by atoms with Crippen molar-refractivity contribution in [2.75, 3.05) is 13.2 Å². The molecule has 8 atom stereocenters. The first-order valence-corrected chi connectivity index (χ1v) is 14.8. The minimum atomic E-state index is -1.72. The van der Waals surface area contributed by atoms with Gasteiger partial charge in [0.2, 0.25) is 41.7 Å². The molecular formula is C27H49N10O10.